The number of likely N-dealkylation sites (N-methyl/N-ethyl adjacent to an activating group) is 1. The molecular formula is C14H19N3O4. The lowest BCUT2D eigenvalue weighted by molar-refractivity contribution is -0.140. The average molecular weight is 293 g/mol. The van der Waals surface area contributed by atoms with Crippen molar-refractivity contribution in [1.29, 1.82) is 0 Å². The highest BCUT2D eigenvalue weighted by atomic mass is 16.4. The molecule has 1 aromatic rings. The number of carboxylic acid groups (broad SMARTS) is 1. The number of carboxylic acids is 1. The Morgan fingerprint density at radius 3 is 2.43 bits per heavy atom. The summed E-state index contributed by atoms with van der Waals surface area (Å²) in [7, 11) is 1.56. The largest absolute Gasteiger partial charge is 0.480 e. The van der Waals surface area contributed by atoms with Crippen molar-refractivity contribution in [3.63, 3.8) is 0 Å². The Morgan fingerprint density at radius 2 is 1.90 bits per heavy atom. The normalized spacial score (nSPS) is 11.5. The van der Waals surface area contributed by atoms with Crippen molar-refractivity contribution in [1.82, 2.24) is 10.2 Å². The van der Waals surface area contributed by atoms with Crippen LogP contribution in [-0.2, 0) is 16.0 Å². The summed E-state index contributed by atoms with van der Waals surface area (Å²) in [6.45, 7) is 0.429. The number of rotatable bonds is 7. The first kappa shape index (κ1) is 16.5. The van der Waals surface area contributed by atoms with Crippen molar-refractivity contribution in [2.45, 2.75) is 18.9 Å². The van der Waals surface area contributed by atoms with Gasteiger partial charge in [0.25, 0.3) is 0 Å². The smallest absolute Gasteiger partial charge is 0.326 e. The molecule has 0 heterocycles. The SMILES string of the molecule is CN(CCc1ccccc1)C(=O)NC(CC(N)=O)C(=O)O. The van der Waals surface area contributed by atoms with E-state index >= 15 is 0 Å². The Kier molecular flexibility index (Phi) is 6.19. The maximum atomic E-state index is 11.9. The van der Waals surface area contributed by atoms with Crippen LogP contribution in [0.1, 0.15) is 12.0 Å². The third-order valence-corrected chi connectivity index (χ3v) is 2.93. The summed E-state index contributed by atoms with van der Waals surface area (Å²) in [5.74, 6) is -2.08. The molecule has 0 radical (unpaired) electrons. The van der Waals surface area contributed by atoms with Gasteiger partial charge in [0.15, 0.2) is 0 Å². The molecule has 7 nitrogen and oxygen atoms in total. The number of nitrogens with two attached hydrogens (primary N) is 1. The fourth-order valence-electron chi connectivity index (χ4n) is 1.70. The van der Waals surface area contributed by atoms with Crippen molar-refractivity contribution in [2.75, 3.05) is 13.6 Å². The zero-order valence-corrected chi connectivity index (χ0v) is 11.8. The molecule has 0 saturated carbocycles. The van der Waals surface area contributed by atoms with Crippen molar-refractivity contribution >= 4 is 17.9 Å². The van der Waals surface area contributed by atoms with E-state index in [1.807, 2.05) is 30.3 Å². The van der Waals surface area contributed by atoms with Crippen LogP contribution in [0.4, 0.5) is 4.79 Å². The molecule has 0 aromatic heterocycles. The summed E-state index contributed by atoms with van der Waals surface area (Å²) in [4.78, 5) is 34.9. The third-order valence-electron chi connectivity index (χ3n) is 2.93. The molecule has 3 amide bonds. The van der Waals surface area contributed by atoms with Gasteiger partial charge in [-0.05, 0) is 12.0 Å². The van der Waals surface area contributed by atoms with E-state index in [2.05, 4.69) is 5.32 Å². The number of hydrogen-bond donors (Lipinski definition) is 3. The van der Waals surface area contributed by atoms with Gasteiger partial charge in [0.05, 0.1) is 6.42 Å². The molecule has 1 atom stereocenters. The summed E-state index contributed by atoms with van der Waals surface area (Å²) in [5.41, 5.74) is 6.02. The summed E-state index contributed by atoms with van der Waals surface area (Å²) in [6.07, 6.45) is 0.214. The quantitative estimate of drug-likeness (QED) is 0.666. The van der Waals surface area contributed by atoms with Crippen LogP contribution in [0.2, 0.25) is 0 Å². The lowest BCUT2D eigenvalue weighted by Gasteiger charge is -2.20. The second kappa shape index (κ2) is 7.88. The minimum Gasteiger partial charge on any atom is -0.480 e. The highest BCUT2D eigenvalue weighted by molar-refractivity contribution is 5.87. The number of nitrogens with one attached hydrogen (secondary N) is 1. The number of carbonyl (C=O) groups is 3. The van der Waals surface area contributed by atoms with Crippen LogP contribution >= 0.6 is 0 Å². The van der Waals surface area contributed by atoms with Crippen LogP contribution in [0.25, 0.3) is 0 Å². The fourth-order valence-corrected chi connectivity index (χ4v) is 1.70. The number of primary amides is 1. The first-order chi connectivity index (χ1) is 9.90. The Hall–Kier alpha value is -2.57. The van der Waals surface area contributed by atoms with Crippen LogP contribution in [0.3, 0.4) is 0 Å². The molecule has 7 heteroatoms. The van der Waals surface area contributed by atoms with E-state index in [0.29, 0.717) is 13.0 Å². The summed E-state index contributed by atoms with van der Waals surface area (Å²) < 4.78 is 0. The second-order valence-electron chi connectivity index (χ2n) is 4.67. The monoisotopic (exact) mass is 293 g/mol. The van der Waals surface area contributed by atoms with E-state index in [0.717, 1.165) is 5.56 Å². The van der Waals surface area contributed by atoms with Crippen LogP contribution < -0.4 is 11.1 Å². The van der Waals surface area contributed by atoms with Crippen molar-refractivity contribution in [3.8, 4) is 0 Å². The minimum atomic E-state index is -1.31. The summed E-state index contributed by atoms with van der Waals surface area (Å²) in [5, 5.41) is 11.2. The predicted molar refractivity (Wildman–Crippen MR) is 76.5 cm³/mol. The highest BCUT2D eigenvalue weighted by Gasteiger charge is 2.23. The van der Waals surface area contributed by atoms with Gasteiger partial charge in [0.1, 0.15) is 6.04 Å². The molecule has 1 aromatic carbocycles. The van der Waals surface area contributed by atoms with Crippen LogP contribution in [0.15, 0.2) is 30.3 Å². The predicted octanol–water partition coefficient (Wildman–Crippen LogP) is 0.199. The Balaban J connectivity index is 2.49. The van der Waals surface area contributed by atoms with Gasteiger partial charge in [-0.15, -0.1) is 0 Å². The molecular weight excluding hydrogens is 274 g/mol. The number of urea groups is 1. The number of aliphatic carboxylic acids is 1. The van der Waals surface area contributed by atoms with Crippen LogP contribution in [0, 0.1) is 0 Å². The number of amides is 3. The number of hydrogen-bond acceptors (Lipinski definition) is 3. The van der Waals surface area contributed by atoms with Gasteiger partial charge in [0, 0.05) is 13.6 Å². The molecule has 0 spiro atoms. The standard InChI is InChI=1S/C14H19N3O4/c1-17(8-7-10-5-3-2-4-6-10)14(21)16-11(13(19)20)9-12(15)18/h2-6,11H,7-9H2,1H3,(H2,15,18)(H,16,21)(H,19,20). The van der Waals surface area contributed by atoms with Gasteiger partial charge in [-0.25, -0.2) is 9.59 Å². The van der Waals surface area contributed by atoms with Gasteiger partial charge >= 0.3 is 12.0 Å². The zero-order chi connectivity index (χ0) is 15.8. The molecule has 21 heavy (non-hydrogen) atoms. The molecule has 1 rings (SSSR count). The molecule has 0 aliphatic heterocycles. The summed E-state index contributed by atoms with van der Waals surface area (Å²) in [6, 6.07) is 7.73. The Bertz CT molecular complexity index is 504. The van der Waals surface area contributed by atoms with Gasteiger partial charge in [-0.1, -0.05) is 30.3 Å². The van der Waals surface area contributed by atoms with Gasteiger partial charge in [-0.2, -0.15) is 0 Å². The maximum Gasteiger partial charge on any atom is 0.326 e. The molecule has 1 unspecified atom stereocenters. The topological polar surface area (TPSA) is 113 Å². The van der Waals surface area contributed by atoms with E-state index in [9.17, 15) is 14.4 Å². The van der Waals surface area contributed by atoms with Gasteiger partial charge in [0.2, 0.25) is 5.91 Å². The lowest BCUT2D eigenvalue weighted by atomic mass is 10.1. The van der Waals surface area contributed by atoms with E-state index in [-0.39, 0.29) is 0 Å². The molecule has 0 fully saturated rings. The lowest BCUT2D eigenvalue weighted by Crippen LogP contribution is -2.48. The van der Waals surface area contributed by atoms with Crippen LogP contribution in [-0.4, -0.2) is 47.5 Å². The van der Waals surface area contributed by atoms with E-state index in [4.69, 9.17) is 10.8 Å². The molecule has 4 N–H and O–H groups in total. The van der Waals surface area contributed by atoms with Gasteiger partial charge in [-0.3, -0.25) is 4.79 Å². The average Bonchev–Trinajstić information content (AvgIpc) is 2.44. The third kappa shape index (κ3) is 5.94. The first-order valence-corrected chi connectivity index (χ1v) is 6.47. The fraction of sp³-hybridized carbons (Fsp3) is 0.357. The summed E-state index contributed by atoms with van der Waals surface area (Å²) >= 11 is 0. The van der Waals surface area contributed by atoms with Crippen molar-refractivity contribution in [2.24, 2.45) is 5.73 Å². The minimum absolute atomic E-state index is 0.429. The Morgan fingerprint density at radius 1 is 1.29 bits per heavy atom. The second-order valence-corrected chi connectivity index (χ2v) is 4.67. The maximum absolute atomic E-state index is 11.9. The van der Waals surface area contributed by atoms with Crippen molar-refractivity contribution < 1.29 is 19.5 Å². The van der Waals surface area contributed by atoms with E-state index < -0.39 is 30.4 Å². The molecule has 114 valence electrons. The number of carbonyl (C=O) groups excluding carboxylic acids is 2. The number of nitrogens with zero attached hydrogens (tertiary/aromatic N) is 1. The molecule has 0 aliphatic rings. The number of benzene rings is 1. The molecule has 0 bridgehead atoms. The van der Waals surface area contributed by atoms with E-state index in [1.165, 1.54) is 4.90 Å². The van der Waals surface area contributed by atoms with E-state index in [1.54, 1.807) is 7.05 Å². The van der Waals surface area contributed by atoms with Crippen molar-refractivity contribution in [3.05, 3.63) is 35.9 Å². The zero-order valence-electron chi connectivity index (χ0n) is 11.8. The molecule has 0 aliphatic carbocycles. The van der Waals surface area contributed by atoms with Crippen LogP contribution in [0.5, 0.6) is 0 Å². The molecule has 0 saturated heterocycles. The Labute approximate surface area is 122 Å². The van der Waals surface area contributed by atoms with Gasteiger partial charge < -0.3 is 21.1 Å². The highest BCUT2D eigenvalue weighted by Crippen LogP contribution is 2.01. The first-order valence-electron chi connectivity index (χ1n) is 6.47.